The van der Waals surface area contributed by atoms with E-state index < -0.39 is 11.7 Å². The minimum Gasteiger partial charge on any atom is -0.492 e. The average Bonchev–Trinajstić information content (AvgIpc) is 2.43. The van der Waals surface area contributed by atoms with Crippen molar-refractivity contribution in [3.05, 3.63) is 59.7 Å². The minimum atomic E-state index is -4.30. The van der Waals surface area contributed by atoms with Crippen LogP contribution in [-0.4, -0.2) is 13.2 Å². The topological polar surface area (TPSA) is 21.3 Å². The molecule has 0 saturated carbocycles. The van der Waals surface area contributed by atoms with E-state index in [1.807, 2.05) is 31.2 Å². The smallest absolute Gasteiger partial charge is 0.416 e. The molecule has 0 aliphatic rings. The van der Waals surface area contributed by atoms with E-state index in [2.05, 4.69) is 5.32 Å². The average molecular weight is 295 g/mol. The zero-order chi connectivity index (χ0) is 15.3. The van der Waals surface area contributed by atoms with Crippen LogP contribution in [0.5, 0.6) is 5.75 Å². The Hall–Kier alpha value is -2.17. The number of ether oxygens (including phenoxy) is 1. The molecule has 5 heteroatoms. The van der Waals surface area contributed by atoms with Crippen molar-refractivity contribution in [2.45, 2.75) is 13.1 Å². The molecule has 0 radical (unpaired) electrons. The van der Waals surface area contributed by atoms with Crippen molar-refractivity contribution in [1.82, 2.24) is 0 Å². The van der Waals surface area contributed by atoms with E-state index >= 15 is 0 Å². The Kier molecular flexibility index (Phi) is 4.73. The number of halogens is 3. The Morgan fingerprint density at radius 3 is 2.38 bits per heavy atom. The molecule has 112 valence electrons. The van der Waals surface area contributed by atoms with Crippen molar-refractivity contribution < 1.29 is 17.9 Å². The quantitative estimate of drug-likeness (QED) is 0.820. The van der Waals surface area contributed by atoms with E-state index in [0.717, 1.165) is 23.4 Å². The molecule has 0 aromatic heterocycles. The van der Waals surface area contributed by atoms with Gasteiger partial charge in [0.15, 0.2) is 0 Å². The van der Waals surface area contributed by atoms with Crippen LogP contribution < -0.4 is 10.1 Å². The molecule has 0 aliphatic carbocycles. The molecule has 1 N–H and O–H groups in total. The molecule has 2 nitrogen and oxygen atoms in total. The third-order valence-electron chi connectivity index (χ3n) is 2.90. The van der Waals surface area contributed by atoms with Gasteiger partial charge in [0.25, 0.3) is 0 Å². The fraction of sp³-hybridized carbons (Fsp3) is 0.250. The van der Waals surface area contributed by atoms with Crippen molar-refractivity contribution in [3.63, 3.8) is 0 Å². The van der Waals surface area contributed by atoms with Crippen molar-refractivity contribution in [1.29, 1.82) is 0 Å². The number of hydrogen-bond acceptors (Lipinski definition) is 2. The number of alkyl halides is 3. The van der Waals surface area contributed by atoms with Crippen molar-refractivity contribution in [2.75, 3.05) is 18.5 Å². The highest BCUT2D eigenvalue weighted by molar-refractivity contribution is 5.45. The largest absolute Gasteiger partial charge is 0.492 e. The van der Waals surface area contributed by atoms with Gasteiger partial charge in [-0.25, -0.2) is 0 Å². The van der Waals surface area contributed by atoms with Crippen molar-refractivity contribution in [3.8, 4) is 5.75 Å². The highest BCUT2D eigenvalue weighted by atomic mass is 19.4. The van der Waals surface area contributed by atoms with E-state index in [9.17, 15) is 13.2 Å². The zero-order valence-corrected chi connectivity index (χ0v) is 11.6. The van der Waals surface area contributed by atoms with Crippen LogP contribution in [0.15, 0.2) is 48.5 Å². The summed E-state index contributed by atoms with van der Waals surface area (Å²) in [5.41, 5.74) is 1.10. The molecule has 0 fully saturated rings. The van der Waals surface area contributed by atoms with Crippen molar-refractivity contribution in [2.24, 2.45) is 0 Å². The van der Waals surface area contributed by atoms with Gasteiger partial charge in [0.2, 0.25) is 0 Å². The minimum absolute atomic E-state index is 0.435. The molecular weight excluding hydrogens is 279 g/mol. The predicted octanol–water partition coefficient (Wildman–Crippen LogP) is 4.50. The van der Waals surface area contributed by atoms with Gasteiger partial charge in [0.05, 0.1) is 5.56 Å². The van der Waals surface area contributed by atoms with Gasteiger partial charge in [-0.1, -0.05) is 12.1 Å². The number of aryl methyl sites for hydroxylation is 1. The maximum absolute atomic E-state index is 12.4. The molecule has 0 aliphatic heterocycles. The number of hydrogen-bond donors (Lipinski definition) is 1. The summed E-state index contributed by atoms with van der Waals surface area (Å²) >= 11 is 0. The summed E-state index contributed by atoms with van der Waals surface area (Å²) < 4.78 is 42.8. The Morgan fingerprint density at radius 2 is 1.76 bits per heavy atom. The Bertz CT molecular complexity index is 579. The van der Waals surface area contributed by atoms with Gasteiger partial charge in [-0.05, 0) is 48.9 Å². The first-order chi connectivity index (χ1) is 9.95. The highest BCUT2D eigenvalue weighted by Crippen LogP contribution is 2.29. The second-order valence-electron chi connectivity index (χ2n) is 4.67. The summed E-state index contributed by atoms with van der Waals surface area (Å²) in [7, 11) is 0. The lowest BCUT2D eigenvalue weighted by atomic mass is 10.2. The Morgan fingerprint density at radius 1 is 1.05 bits per heavy atom. The van der Waals surface area contributed by atoms with Gasteiger partial charge in [-0.3, -0.25) is 0 Å². The number of nitrogens with one attached hydrogen (secondary N) is 1. The van der Waals surface area contributed by atoms with Gasteiger partial charge in [0, 0.05) is 12.2 Å². The highest BCUT2D eigenvalue weighted by Gasteiger charge is 2.29. The first-order valence-electron chi connectivity index (χ1n) is 6.56. The van der Waals surface area contributed by atoms with E-state index in [4.69, 9.17) is 4.74 Å². The number of rotatable bonds is 5. The van der Waals surface area contributed by atoms with Crippen LogP contribution in [0.2, 0.25) is 0 Å². The van der Waals surface area contributed by atoms with Crippen LogP contribution >= 0.6 is 0 Å². The molecule has 21 heavy (non-hydrogen) atoms. The van der Waals surface area contributed by atoms with Crippen LogP contribution in [0.1, 0.15) is 11.1 Å². The monoisotopic (exact) mass is 295 g/mol. The van der Waals surface area contributed by atoms with Gasteiger partial charge in [-0.2, -0.15) is 13.2 Å². The molecule has 0 unspecified atom stereocenters. The molecule has 0 atom stereocenters. The molecule has 2 rings (SSSR count). The molecule has 0 amide bonds. The fourth-order valence-corrected chi connectivity index (χ4v) is 1.85. The normalized spacial score (nSPS) is 11.2. The molecule has 0 spiro atoms. The second kappa shape index (κ2) is 6.52. The lowest BCUT2D eigenvalue weighted by molar-refractivity contribution is -0.137. The molecule has 0 heterocycles. The SMILES string of the molecule is Cc1cccc(OCCNc2ccc(C(F)(F)F)cc2)c1. The standard InChI is InChI=1S/C16H16F3NO/c1-12-3-2-4-15(11-12)21-10-9-20-14-7-5-13(6-8-14)16(17,18)19/h2-8,11,20H,9-10H2,1H3. The van der Waals surface area contributed by atoms with Crippen LogP contribution in [0.25, 0.3) is 0 Å². The lowest BCUT2D eigenvalue weighted by Gasteiger charge is -2.10. The third kappa shape index (κ3) is 4.70. The summed E-state index contributed by atoms with van der Waals surface area (Å²) in [6.07, 6.45) is -4.30. The maximum Gasteiger partial charge on any atom is 0.416 e. The van der Waals surface area contributed by atoms with Crippen LogP contribution in [0.3, 0.4) is 0 Å². The van der Waals surface area contributed by atoms with Gasteiger partial charge < -0.3 is 10.1 Å². The summed E-state index contributed by atoms with van der Waals surface area (Å²) in [4.78, 5) is 0. The predicted molar refractivity (Wildman–Crippen MR) is 76.6 cm³/mol. The summed E-state index contributed by atoms with van der Waals surface area (Å²) in [6.45, 7) is 2.93. The van der Waals surface area contributed by atoms with Gasteiger partial charge in [-0.15, -0.1) is 0 Å². The first-order valence-corrected chi connectivity index (χ1v) is 6.56. The molecular formula is C16H16F3NO. The third-order valence-corrected chi connectivity index (χ3v) is 2.90. The first kappa shape index (κ1) is 15.2. The van der Waals surface area contributed by atoms with Crippen molar-refractivity contribution >= 4 is 5.69 Å². The van der Waals surface area contributed by atoms with Gasteiger partial charge in [0.1, 0.15) is 12.4 Å². The van der Waals surface area contributed by atoms with E-state index in [1.165, 1.54) is 12.1 Å². The second-order valence-corrected chi connectivity index (χ2v) is 4.67. The number of benzene rings is 2. The van der Waals surface area contributed by atoms with Gasteiger partial charge >= 0.3 is 6.18 Å². The molecule has 0 bridgehead atoms. The van der Waals surface area contributed by atoms with E-state index in [-0.39, 0.29) is 0 Å². The van der Waals surface area contributed by atoms with Crippen LogP contribution in [-0.2, 0) is 6.18 Å². The van der Waals surface area contributed by atoms with E-state index in [0.29, 0.717) is 18.8 Å². The molecule has 2 aromatic rings. The molecule has 2 aromatic carbocycles. The summed E-state index contributed by atoms with van der Waals surface area (Å²) in [5, 5.41) is 3.02. The lowest BCUT2D eigenvalue weighted by Crippen LogP contribution is -2.12. The van der Waals surface area contributed by atoms with Crippen LogP contribution in [0, 0.1) is 6.92 Å². The zero-order valence-electron chi connectivity index (χ0n) is 11.6. The Balaban J connectivity index is 1.79. The molecule has 0 saturated heterocycles. The van der Waals surface area contributed by atoms with E-state index in [1.54, 1.807) is 0 Å². The maximum atomic E-state index is 12.4. The summed E-state index contributed by atoms with van der Waals surface area (Å²) in [5.74, 6) is 0.782. The summed E-state index contributed by atoms with van der Waals surface area (Å²) in [6, 6.07) is 12.6. The fourth-order valence-electron chi connectivity index (χ4n) is 1.85. The van der Waals surface area contributed by atoms with Crippen LogP contribution in [0.4, 0.5) is 18.9 Å². The number of anilines is 1. The Labute approximate surface area is 121 Å².